The van der Waals surface area contributed by atoms with Gasteiger partial charge in [-0.1, -0.05) is 12.1 Å². The van der Waals surface area contributed by atoms with E-state index < -0.39 is 0 Å². The number of methoxy groups -OCH3 is 1. The zero-order chi connectivity index (χ0) is 14.5. The molecule has 0 aliphatic heterocycles. The topological polar surface area (TPSA) is 38.3 Å². The van der Waals surface area contributed by atoms with Gasteiger partial charge in [0, 0.05) is 22.0 Å². The third-order valence-corrected chi connectivity index (χ3v) is 3.77. The van der Waals surface area contributed by atoms with E-state index in [2.05, 4.69) is 21.2 Å². The van der Waals surface area contributed by atoms with Gasteiger partial charge in [-0.2, -0.15) is 0 Å². The lowest BCUT2D eigenvalue weighted by Gasteiger charge is -2.10. The van der Waals surface area contributed by atoms with E-state index in [1.165, 1.54) is 0 Å². The molecule has 2 aromatic rings. The van der Waals surface area contributed by atoms with Crippen LogP contribution < -0.4 is 10.1 Å². The van der Waals surface area contributed by atoms with Crippen molar-refractivity contribution in [3.05, 3.63) is 58.1 Å². The number of halogens is 2. The van der Waals surface area contributed by atoms with Crippen molar-refractivity contribution in [1.29, 1.82) is 0 Å². The van der Waals surface area contributed by atoms with Crippen molar-refractivity contribution in [3.63, 3.8) is 0 Å². The molecule has 0 aliphatic carbocycles. The molecule has 2 aromatic carbocycles. The highest BCUT2D eigenvalue weighted by Crippen LogP contribution is 2.27. The van der Waals surface area contributed by atoms with E-state index >= 15 is 0 Å². The van der Waals surface area contributed by atoms with E-state index in [9.17, 15) is 4.79 Å². The van der Waals surface area contributed by atoms with E-state index in [4.69, 9.17) is 16.3 Å². The fourth-order valence-electron chi connectivity index (χ4n) is 1.72. The van der Waals surface area contributed by atoms with Crippen molar-refractivity contribution in [2.45, 2.75) is 5.88 Å². The zero-order valence-electron chi connectivity index (χ0n) is 10.8. The summed E-state index contributed by atoms with van der Waals surface area (Å²) in [6, 6.07) is 12.6. The van der Waals surface area contributed by atoms with Crippen molar-refractivity contribution < 1.29 is 9.53 Å². The van der Waals surface area contributed by atoms with E-state index in [0.717, 1.165) is 10.0 Å². The molecule has 0 heterocycles. The Morgan fingerprint density at radius 2 is 2.10 bits per heavy atom. The first-order chi connectivity index (χ1) is 9.63. The molecule has 0 spiro atoms. The maximum atomic E-state index is 12.2. The second-order valence-corrected chi connectivity index (χ2v) is 5.26. The van der Waals surface area contributed by atoms with Gasteiger partial charge in [0.05, 0.1) is 12.8 Å². The number of ether oxygens (including phenoxy) is 1. The molecule has 20 heavy (non-hydrogen) atoms. The Hall–Kier alpha value is -1.52. The summed E-state index contributed by atoms with van der Waals surface area (Å²) in [5, 5.41) is 2.84. The largest absolute Gasteiger partial charge is 0.497 e. The number of carbonyl (C=O) groups is 1. The van der Waals surface area contributed by atoms with Crippen LogP contribution in [-0.4, -0.2) is 13.0 Å². The molecule has 5 heteroatoms. The summed E-state index contributed by atoms with van der Waals surface area (Å²) in [6.45, 7) is 0. The molecule has 104 valence electrons. The highest BCUT2D eigenvalue weighted by molar-refractivity contribution is 9.10. The van der Waals surface area contributed by atoms with Gasteiger partial charge in [0.1, 0.15) is 5.75 Å². The number of rotatable bonds is 4. The Kier molecular flexibility index (Phi) is 5.04. The number of amides is 1. The summed E-state index contributed by atoms with van der Waals surface area (Å²) in [4.78, 5) is 12.2. The van der Waals surface area contributed by atoms with Gasteiger partial charge in [-0.25, -0.2) is 0 Å². The Balaban J connectivity index is 2.22. The molecule has 0 unspecified atom stereocenters. The van der Waals surface area contributed by atoms with Crippen molar-refractivity contribution in [2.75, 3.05) is 12.4 Å². The van der Waals surface area contributed by atoms with Crippen LogP contribution >= 0.6 is 27.5 Å². The summed E-state index contributed by atoms with van der Waals surface area (Å²) in [5.41, 5.74) is 2.13. The normalized spacial score (nSPS) is 10.2. The quantitative estimate of drug-likeness (QED) is 0.824. The second kappa shape index (κ2) is 6.77. The van der Waals surface area contributed by atoms with Crippen LogP contribution in [-0.2, 0) is 5.88 Å². The van der Waals surface area contributed by atoms with Crippen molar-refractivity contribution >= 4 is 39.1 Å². The van der Waals surface area contributed by atoms with E-state index in [1.807, 2.05) is 24.3 Å². The highest BCUT2D eigenvalue weighted by Gasteiger charge is 2.09. The smallest absolute Gasteiger partial charge is 0.255 e. The number of hydrogen-bond acceptors (Lipinski definition) is 2. The third-order valence-electron chi connectivity index (χ3n) is 2.77. The van der Waals surface area contributed by atoms with Crippen LogP contribution in [0.1, 0.15) is 15.9 Å². The Labute approximate surface area is 131 Å². The molecule has 0 saturated heterocycles. The SMILES string of the molecule is COc1ccc(Br)c(NC(=O)c2cccc(CCl)c2)c1. The number of nitrogens with one attached hydrogen (secondary N) is 1. The third kappa shape index (κ3) is 3.52. The number of hydrogen-bond donors (Lipinski definition) is 1. The molecule has 0 bridgehead atoms. The maximum absolute atomic E-state index is 12.2. The zero-order valence-corrected chi connectivity index (χ0v) is 13.2. The molecule has 0 saturated carbocycles. The molecule has 0 fully saturated rings. The van der Waals surface area contributed by atoms with Crippen LogP contribution in [0.25, 0.3) is 0 Å². The molecule has 0 radical (unpaired) electrons. The first-order valence-electron chi connectivity index (χ1n) is 5.94. The van der Waals surface area contributed by atoms with E-state index in [-0.39, 0.29) is 5.91 Å². The molecular weight excluding hydrogens is 342 g/mol. The minimum absolute atomic E-state index is 0.189. The molecule has 1 N–H and O–H groups in total. The van der Waals surface area contributed by atoms with Gasteiger partial charge in [0.15, 0.2) is 0 Å². The molecular formula is C15H13BrClNO2. The van der Waals surface area contributed by atoms with Crippen LogP contribution in [0.3, 0.4) is 0 Å². The fourth-order valence-corrected chi connectivity index (χ4v) is 2.23. The summed E-state index contributed by atoms with van der Waals surface area (Å²) < 4.78 is 5.94. The predicted molar refractivity (Wildman–Crippen MR) is 84.6 cm³/mol. The first-order valence-corrected chi connectivity index (χ1v) is 7.26. The van der Waals surface area contributed by atoms with Gasteiger partial charge in [0.25, 0.3) is 5.91 Å². The number of alkyl halides is 1. The summed E-state index contributed by atoms with van der Waals surface area (Å²) >= 11 is 9.17. The highest BCUT2D eigenvalue weighted by atomic mass is 79.9. The first kappa shape index (κ1) is 14.9. The van der Waals surface area contributed by atoms with E-state index in [1.54, 1.807) is 25.3 Å². The minimum atomic E-state index is -0.189. The molecule has 2 rings (SSSR count). The summed E-state index contributed by atoms with van der Waals surface area (Å²) in [5.74, 6) is 0.869. The minimum Gasteiger partial charge on any atom is -0.497 e. The van der Waals surface area contributed by atoms with Crippen LogP contribution in [0.5, 0.6) is 5.75 Å². The van der Waals surface area contributed by atoms with Gasteiger partial charge in [-0.3, -0.25) is 4.79 Å². The van der Waals surface area contributed by atoms with Gasteiger partial charge < -0.3 is 10.1 Å². The average molecular weight is 355 g/mol. The van der Waals surface area contributed by atoms with Crippen molar-refractivity contribution in [3.8, 4) is 5.75 Å². The molecule has 0 aromatic heterocycles. The fraction of sp³-hybridized carbons (Fsp3) is 0.133. The monoisotopic (exact) mass is 353 g/mol. The van der Waals surface area contributed by atoms with Gasteiger partial charge in [0.2, 0.25) is 0 Å². The molecule has 3 nitrogen and oxygen atoms in total. The van der Waals surface area contributed by atoms with Crippen LogP contribution in [0.2, 0.25) is 0 Å². The Morgan fingerprint density at radius 3 is 2.80 bits per heavy atom. The number of carbonyl (C=O) groups excluding carboxylic acids is 1. The molecule has 1 amide bonds. The van der Waals surface area contributed by atoms with Gasteiger partial charge in [-0.15, -0.1) is 11.6 Å². The van der Waals surface area contributed by atoms with Crippen LogP contribution in [0.4, 0.5) is 5.69 Å². The summed E-state index contributed by atoms with van der Waals surface area (Å²) in [7, 11) is 1.58. The second-order valence-electron chi connectivity index (χ2n) is 4.13. The van der Waals surface area contributed by atoms with E-state index in [0.29, 0.717) is 22.9 Å². The molecule has 0 atom stereocenters. The Morgan fingerprint density at radius 1 is 1.30 bits per heavy atom. The predicted octanol–water partition coefficient (Wildman–Crippen LogP) is 4.45. The lowest BCUT2D eigenvalue weighted by Crippen LogP contribution is -2.12. The van der Waals surface area contributed by atoms with Crippen molar-refractivity contribution in [1.82, 2.24) is 0 Å². The Bertz CT molecular complexity index is 631. The summed E-state index contributed by atoms with van der Waals surface area (Å²) in [6.07, 6.45) is 0. The molecule has 0 aliphatic rings. The van der Waals surface area contributed by atoms with Crippen molar-refractivity contribution in [2.24, 2.45) is 0 Å². The van der Waals surface area contributed by atoms with Gasteiger partial charge in [-0.05, 0) is 45.8 Å². The standard InChI is InChI=1S/C15H13BrClNO2/c1-20-12-5-6-13(16)14(8-12)18-15(19)11-4-2-3-10(7-11)9-17/h2-8H,9H2,1H3,(H,18,19). The lowest BCUT2D eigenvalue weighted by molar-refractivity contribution is 0.102. The number of anilines is 1. The maximum Gasteiger partial charge on any atom is 0.255 e. The lowest BCUT2D eigenvalue weighted by atomic mass is 10.1. The van der Waals surface area contributed by atoms with Crippen LogP contribution in [0, 0.1) is 0 Å². The number of benzene rings is 2. The average Bonchev–Trinajstić information content (AvgIpc) is 2.49. The van der Waals surface area contributed by atoms with Gasteiger partial charge >= 0.3 is 0 Å². The van der Waals surface area contributed by atoms with Crippen LogP contribution in [0.15, 0.2) is 46.9 Å².